The molecule has 0 aliphatic heterocycles. The fraction of sp³-hybridized carbons (Fsp3) is 0.182. The van der Waals surface area contributed by atoms with Crippen molar-refractivity contribution in [2.24, 2.45) is 11.5 Å². The van der Waals surface area contributed by atoms with Crippen molar-refractivity contribution in [1.82, 2.24) is 0 Å². The Morgan fingerprint density at radius 2 is 2.14 bits per heavy atom. The monoisotopic (exact) mass is 188 g/mol. The first-order chi connectivity index (χ1) is 6.65. The predicted molar refractivity (Wildman–Crippen MR) is 55.1 cm³/mol. The van der Waals surface area contributed by atoms with E-state index in [0.717, 1.165) is 5.56 Å². The van der Waals surface area contributed by atoms with Gasteiger partial charge in [0, 0.05) is 18.0 Å². The Kier molecular flexibility index (Phi) is 3.27. The number of hydrogen-bond acceptors (Lipinski definition) is 2. The number of carbonyl (C=O) groups is 1. The molecule has 1 aromatic carbocycles. The third kappa shape index (κ3) is 2.35. The van der Waals surface area contributed by atoms with Crippen molar-refractivity contribution in [3.05, 3.63) is 35.4 Å². The van der Waals surface area contributed by atoms with Crippen LogP contribution in [-0.4, -0.2) is 5.91 Å². The molecule has 1 aromatic rings. The highest BCUT2D eigenvalue weighted by atomic mass is 16.1. The summed E-state index contributed by atoms with van der Waals surface area (Å²) in [5.41, 5.74) is 12.3. The molecule has 72 valence electrons. The molecule has 0 saturated carbocycles. The lowest BCUT2D eigenvalue weighted by Gasteiger charge is -2.11. The van der Waals surface area contributed by atoms with E-state index in [9.17, 15) is 4.79 Å². The average Bonchev–Trinajstić information content (AvgIpc) is 2.16. The molecule has 0 aliphatic rings. The van der Waals surface area contributed by atoms with Crippen molar-refractivity contribution < 1.29 is 4.79 Å². The minimum atomic E-state index is -0.427. The summed E-state index contributed by atoms with van der Waals surface area (Å²) in [5.74, 6) is 2.09. The number of rotatable bonds is 3. The van der Waals surface area contributed by atoms with E-state index in [1.807, 2.05) is 18.2 Å². The van der Waals surface area contributed by atoms with E-state index in [2.05, 4.69) is 5.92 Å². The summed E-state index contributed by atoms with van der Waals surface area (Å²) in [6.07, 6.45) is 5.41. The number of primary amides is 1. The van der Waals surface area contributed by atoms with Crippen molar-refractivity contribution in [2.45, 2.75) is 12.5 Å². The Balaban J connectivity index is 2.95. The zero-order chi connectivity index (χ0) is 10.6. The predicted octanol–water partition coefficient (Wildman–Crippen LogP) is 0.543. The summed E-state index contributed by atoms with van der Waals surface area (Å²) < 4.78 is 0. The molecular formula is C11H12N2O. The van der Waals surface area contributed by atoms with Gasteiger partial charge in [0.1, 0.15) is 0 Å². The van der Waals surface area contributed by atoms with E-state index in [1.165, 1.54) is 0 Å². The quantitative estimate of drug-likeness (QED) is 0.680. The van der Waals surface area contributed by atoms with Crippen molar-refractivity contribution in [3.8, 4) is 12.3 Å². The Hall–Kier alpha value is -1.79. The van der Waals surface area contributed by atoms with E-state index in [4.69, 9.17) is 17.9 Å². The van der Waals surface area contributed by atoms with Crippen LogP contribution in [0, 0.1) is 12.3 Å². The molecule has 0 spiro atoms. The molecule has 0 fully saturated rings. The Bertz CT molecular complexity index is 379. The molecule has 14 heavy (non-hydrogen) atoms. The van der Waals surface area contributed by atoms with Crippen LogP contribution in [0.2, 0.25) is 0 Å². The number of carbonyl (C=O) groups excluding carboxylic acids is 1. The summed E-state index contributed by atoms with van der Waals surface area (Å²) in [6.45, 7) is 0. The van der Waals surface area contributed by atoms with Gasteiger partial charge in [-0.1, -0.05) is 24.1 Å². The highest BCUT2D eigenvalue weighted by molar-refractivity contribution is 5.74. The maximum absolute atomic E-state index is 10.7. The van der Waals surface area contributed by atoms with Gasteiger partial charge in [-0.15, -0.1) is 6.42 Å². The van der Waals surface area contributed by atoms with E-state index in [0.29, 0.717) is 5.56 Å². The van der Waals surface area contributed by atoms with Crippen LogP contribution in [0.1, 0.15) is 23.6 Å². The molecule has 0 radical (unpaired) electrons. The second kappa shape index (κ2) is 4.45. The van der Waals surface area contributed by atoms with Gasteiger partial charge in [0.05, 0.1) is 0 Å². The number of hydrogen-bond donors (Lipinski definition) is 2. The van der Waals surface area contributed by atoms with Gasteiger partial charge in [0.25, 0.3) is 0 Å². The highest BCUT2D eigenvalue weighted by Gasteiger charge is 2.11. The maximum atomic E-state index is 10.7. The summed E-state index contributed by atoms with van der Waals surface area (Å²) in [4.78, 5) is 10.7. The van der Waals surface area contributed by atoms with Crippen LogP contribution in [0.15, 0.2) is 24.3 Å². The average molecular weight is 188 g/mol. The first-order valence-corrected chi connectivity index (χ1v) is 4.24. The van der Waals surface area contributed by atoms with Gasteiger partial charge in [0.15, 0.2) is 0 Å². The molecular weight excluding hydrogens is 176 g/mol. The van der Waals surface area contributed by atoms with Crippen LogP contribution in [0.3, 0.4) is 0 Å². The lowest BCUT2D eigenvalue weighted by atomic mass is 9.99. The van der Waals surface area contributed by atoms with Crippen LogP contribution < -0.4 is 11.5 Å². The van der Waals surface area contributed by atoms with Crippen molar-refractivity contribution >= 4 is 5.91 Å². The third-order valence-electron chi connectivity index (χ3n) is 1.94. The molecule has 1 unspecified atom stereocenters. The highest BCUT2D eigenvalue weighted by Crippen LogP contribution is 2.17. The number of benzene rings is 1. The van der Waals surface area contributed by atoms with E-state index in [-0.39, 0.29) is 6.42 Å². The third-order valence-corrected chi connectivity index (χ3v) is 1.94. The van der Waals surface area contributed by atoms with Crippen molar-refractivity contribution in [3.63, 3.8) is 0 Å². The summed E-state index contributed by atoms with van der Waals surface area (Å²) in [6, 6.07) is 6.84. The largest absolute Gasteiger partial charge is 0.370 e. The second-order valence-electron chi connectivity index (χ2n) is 3.01. The molecule has 1 amide bonds. The fourth-order valence-electron chi connectivity index (χ4n) is 1.28. The zero-order valence-corrected chi connectivity index (χ0v) is 7.73. The van der Waals surface area contributed by atoms with E-state index in [1.54, 1.807) is 6.07 Å². The number of nitrogens with two attached hydrogens (primary N) is 2. The molecule has 3 nitrogen and oxygen atoms in total. The van der Waals surface area contributed by atoms with Gasteiger partial charge in [-0.25, -0.2) is 0 Å². The van der Waals surface area contributed by atoms with Gasteiger partial charge < -0.3 is 11.5 Å². The smallest absolute Gasteiger partial charge is 0.219 e. The summed E-state index contributed by atoms with van der Waals surface area (Å²) in [7, 11) is 0. The minimum absolute atomic E-state index is 0.110. The standard InChI is InChI=1S/C11H12N2O/c1-2-8-5-3-4-6-9(8)10(12)7-11(13)14/h1,3-6,10H,7,12H2,(H2,13,14). The van der Waals surface area contributed by atoms with Crippen LogP contribution in [0.4, 0.5) is 0 Å². The molecule has 1 rings (SSSR count). The summed E-state index contributed by atoms with van der Waals surface area (Å²) in [5, 5.41) is 0. The number of amides is 1. The first-order valence-electron chi connectivity index (χ1n) is 4.24. The number of terminal acetylenes is 1. The van der Waals surface area contributed by atoms with Gasteiger partial charge in [-0.05, 0) is 11.6 Å². The Labute approximate surface area is 83.1 Å². The Morgan fingerprint density at radius 3 is 2.71 bits per heavy atom. The molecule has 4 N–H and O–H groups in total. The van der Waals surface area contributed by atoms with Crippen LogP contribution in [0.25, 0.3) is 0 Å². The first kappa shape index (κ1) is 10.3. The van der Waals surface area contributed by atoms with Crippen molar-refractivity contribution in [2.75, 3.05) is 0 Å². The fourth-order valence-corrected chi connectivity index (χ4v) is 1.28. The van der Waals surface area contributed by atoms with Gasteiger partial charge >= 0.3 is 0 Å². The van der Waals surface area contributed by atoms with Crippen LogP contribution in [-0.2, 0) is 4.79 Å². The molecule has 0 saturated heterocycles. The van der Waals surface area contributed by atoms with Gasteiger partial charge in [-0.3, -0.25) is 4.79 Å². The topological polar surface area (TPSA) is 69.1 Å². The zero-order valence-electron chi connectivity index (χ0n) is 7.73. The normalized spacial score (nSPS) is 11.7. The molecule has 0 aromatic heterocycles. The summed E-state index contributed by atoms with van der Waals surface area (Å²) >= 11 is 0. The molecule has 0 heterocycles. The molecule has 3 heteroatoms. The van der Waals surface area contributed by atoms with Crippen LogP contribution in [0.5, 0.6) is 0 Å². The van der Waals surface area contributed by atoms with Crippen molar-refractivity contribution in [1.29, 1.82) is 0 Å². The van der Waals surface area contributed by atoms with Crippen LogP contribution >= 0.6 is 0 Å². The maximum Gasteiger partial charge on any atom is 0.219 e. The SMILES string of the molecule is C#Cc1ccccc1C(N)CC(N)=O. The second-order valence-corrected chi connectivity index (χ2v) is 3.01. The van der Waals surface area contributed by atoms with E-state index < -0.39 is 11.9 Å². The molecule has 0 bridgehead atoms. The van der Waals surface area contributed by atoms with E-state index >= 15 is 0 Å². The molecule has 1 atom stereocenters. The minimum Gasteiger partial charge on any atom is -0.370 e. The lowest BCUT2D eigenvalue weighted by Crippen LogP contribution is -2.21. The Morgan fingerprint density at radius 1 is 1.50 bits per heavy atom. The lowest BCUT2D eigenvalue weighted by molar-refractivity contribution is -0.118. The molecule has 0 aliphatic carbocycles. The van der Waals surface area contributed by atoms with Gasteiger partial charge in [0.2, 0.25) is 5.91 Å². The van der Waals surface area contributed by atoms with Gasteiger partial charge in [-0.2, -0.15) is 0 Å².